The first kappa shape index (κ1) is 13.9. The van der Waals surface area contributed by atoms with Crippen molar-refractivity contribution in [1.82, 2.24) is 10.2 Å². The number of rotatable bonds is 4. The summed E-state index contributed by atoms with van der Waals surface area (Å²) in [5, 5.41) is 21.6. The summed E-state index contributed by atoms with van der Waals surface area (Å²) in [6.07, 6.45) is 3.82. The molecule has 2 aromatic rings. The number of halogens is 1. The Balaban J connectivity index is 1.65. The molecule has 5 heteroatoms. The Labute approximate surface area is 123 Å². The van der Waals surface area contributed by atoms with Gasteiger partial charge in [0.1, 0.15) is 11.6 Å². The maximum absolute atomic E-state index is 12.9. The lowest BCUT2D eigenvalue weighted by Crippen LogP contribution is -2.33. The highest BCUT2D eigenvalue weighted by atomic mass is 19.1. The molecule has 3 rings (SSSR count). The molecular weight excluding hydrogens is 269 g/mol. The molecule has 1 heterocycles. The van der Waals surface area contributed by atoms with E-state index in [1.807, 2.05) is 12.1 Å². The molecule has 2 N–H and O–H groups in total. The molecule has 0 spiro atoms. The number of nitrogens with one attached hydrogen (secondary N) is 1. The molecule has 1 aromatic heterocycles. The number of aliphatic hydroxyl groups is 1. The van der Waals surface area contributed by atoms with Crippen molar-refractivity contribution >= 4 is 5.82 Å². The molecule has 0 unspecified atom stereocenters. The quantitative estimate of drug-likeness (QED) is 0.907. The predicted octanol–water partition coefficient (Wildman–Crippen LogP) is 3.00. The average molecular weight is 287 g/mol. The van der Waals surface area contributed by atoms with Crippen LogP contribution >= 0.6 is 0 Å². The summed E-state index contributed by atoms with van der Waals surface area (Å²) in [6.45, 7) is 0.498. The zero-order chi connectivity index (χ0) is 14.7. The maximum Gasteiger partial charge on any atom is 0.148 e. The van der Waals surface area contributed by atoms with Crippen LogP contribution in [0.1, 0.15) is 25.7 Å². The van der Waals surface area contributed by atoms with Gasteiger partial charge in [-0.2, -0.15) is 0 Å². The van der Waals surface area contributed by atoms with Gasteiger partial charge in [-0.15, -0.1) is 10.2 Å². The summed E-state index contributed by atoms with van der Waals surface area (Å²) in [5.74, 6) is 0.371. The van der Waals surface area contributed by atoms with Crippen molar-refractivity contribution in [1.29, 1.82) is 0 Å². The van der Waals surface area contributed by atoms with Crippen LogP contribution in [0.2, 0.25) is 0 Å². The molecule has 1 aliphatic rings. The molecular formula is C16H18FN3O. The van der Waals surface area contributed by atoms with Crippen LogP contribution in [0, 0.1) is 5.82 Å². The van der Waals surface area contributed by atoms with E-state index in [1.165, 1.54) is 12.1 Å². The molecule has 21 heavy (non-hydrogen) atoms. The second-order valence-electron chi connectivity index (χ2n) is 5.60. The standard InChI is InChI=1S/C16H18FN3O/c17-13-5-3-12(4-6-13)14-7-8-15(20-19-14)18-11-16(21)9-1-2-10-16/h3-8,21H,1-2,9-11H2,(H,18,20). The largest absolute Gasteiger partial charge is 0.388 e. The Bertz CT molecular complexity index is 592. The third-order valence-electron chi connectivity index (χ3n) is 3.94. The monoisotopic (exact) mass is 287 g/mol. The molecule has 1 fully saturated rings. The number of nitrogens with zero attached hydrogens (tertiary/aromatic N) is 2. The Kier molecular flexibility index (Phi) is 3.84. The minimum absolute atomic E-state index is 0.269. The zero-order valence-electron chi connectivity index (χ0n) is 11.7. The molecule has 0 radical (unpaired) electrons. The Hall–Kier alpha value is -2.01. The normalized spacial score (nSPS) is 16.9. The van der Waals surface area contributed by atoms with Crippen LogP contribution in [0.25, 0.3) is 11.3 Å². The summed E-state index contributed by atoms with van der Waals surface area (Å²) in [5.41, 5.74) is 0.905. The number of benzene rings is 1. The van der Waals surface area contributed by atoms with Crippen LogP contribution in [-0.4, -0.2) is 27.4 Å². The van der Waals surface area contributed by atoms with Gasteiger partial charge in [0, 0.05) is 12.1 Å². The zero-order valence-corrected chi connectivity index (χ0v) is 11.7. The predicted molar refractivity (Wildman–Crippen MR) is 79.3 cm³/mol. The van der Waals surface area contributed by atoms with E-state index in [4.69, 9.17) is 0 Å². The molecule has 0 aliphatic heterocycles. The fraction of sp³-hybridized carbons (Fsp3) is 0.375. The lowest BCUT2D eigenvalue weighted by Gasteiger charge is -2.22. The van der Waals surface area contributed by atoms with Gasteiger partial charge in [-0.3, -0.25) is 0 Å². The molecule has 4 nitrogen and oxygen atoms in total. The average Bonchev–Trinajstić information content (AvgIpc) is 2.94. The van der Waals surface area contributed by atoms with Crippen LogP contribution in [0.3, 0.4) is 0 Å². The molecule has 0 atom stereocenters. The highest BCUT2D eigenvalue weighted by Gasteiger charge is 2.30. The smallest absolute Gasteiger partial charge is 0.148 e. The summed E-state index contributed by atoms with van der Waals surface area (Å²) in [7, 11) is 0. The molecule has 1 aliphatic carbocycles. The van der Waals surface area contributed by atoms with Crippen LogP contribution in [0.5, 0.6) is 0 Å². The molecule has 110 valence electrons. The maximum atomic E-state index is 12.9. The second-order valence-corrected chi connectivity index (χ2v) is 5.60. The van der Waals surface area contributed by atoms with Crippen LogP contribution in [-0.2, 0) is 0 Å². The van der Waals surface area contributed by atoms with Crippen LogP contribution in [0.4, 0.5) is 10.2 Å². The van der Waals surface area contributed by atoms with Gasteiger partial charge in [0.2, 0.25) is 0 Å². The van der Waals surface area contributed by atoms with Crippen molar-refractivity contribution in [3.05, 3.63) is 42.2 Å². The molecule has 1 aromatic carbocycles. The van der Waals surface area contributed by atoms with Crippen LogP contribution < -0.4 is 5.32 Å². The van der Waals surface area contributed by atoms with Crippen molar-refractivity contribution in [2.75, 3.05) is 11.9 Å². The van der Waals surface area contributed by atoms with Gasteiger partial charge in [-0.1, -0.05) is 12.8 Å². The number of aromatic nitrogens is 2. The van der Waals surface area contributed by atoms with Crippen molar-refractivity contribution in [3.63, 3.8) is 0 Å². The number of anilines is 1. The third kappa shape index (κ3) is 3.36. The van der Waals surface area contributed by atoms with Crippen molar-refractivity contribution in [2.45, 2.75) is 31.3 Å². The van der Waals surface area contributed by atoms with Gasteiger partial charge in [-0.25, -0.2) is 4.39 Å². The van der Waals surface area contributed by atoms with E-state index in [9.17, 15) is 9.50 Å². The van der Waals surface area contributed by atoms with Gasteiger partial charge >= 0.3 is 0 Å². The molecule has 0 saturated heterocycles. The number of hydrogen-bond donors (Lipinski definition) is 2. The Morgan fingerprint density at radius 2 is 1.76 bits per heavy atom. The van der Waals surface area contributed by atoms with E-state index in [0.717, 1.165) is 31.2 Å². The highest BCUT2D eigenvalue weighted by Crippen LogP contribution is 2.29. The fourth-order valence-electron chi connectivity index (χ4n) is 2.67. The minimum Gasteiger partial charge on any atom is -0.388 e. The third-order valence-corrected chi connectivity index (χ3v) is 3.94. The lowest BCUT2D eigenvalue weighted by molar-refractivity contribution is 0.0614. The fourth-order valence-corrected chi connectivity index (χ4v) is 2.67. The van der Waals surface area contributed by atoms with Gasteiger partial charge in [-0.05, 0) is 49.2 Å². The van der Waals surface area contributed by atoms with Gasteiger partial charge in [0.15, 0.2) is 0 Å². The van der Waals surface area contributed by atoms with Crippen molar-refractivity contribution < 1.29 is 9.50 Å². The van der Waals surface area contributed by atoms with Crippen LogP contribution in [0.15, 0.2) is 36.4 Å². The summed E-state index contributed by atoms with van der Waals surface area (Å²) in [6, 6.07) is 9.81. The van der Waals surface area contributed by atoms with Gasteiger partial charge in [0.25, 0.3) is 0 Å². The topological polar surface area (TPSA) is 58.0 Å². The molecule has 0 amide bonds. The Morgan fingerprint density at radius 3 is 2.38 bits per heavy atom. The van der Waals surface area contributed by atoms with E-state index in [0.29, 0.717) is 18.1 Å². The van der Waals surface area contributed by atoms with Gasteiger partial charge in [0.05, 0.1) is 11.3 Å². The highest BCUT2D eigenvalue weighted by molar-refractivity contribution is 5.59. The lowest BCUT2D eigenvalue weighted by atomic mass is 10.0. The Morgan fingerprint density at radius 1 is 1.05 bits per heavy atom. The van der Waals surface area contributed by atoms with E-state index in [-0.39, 0.29) is 5.82 Å². The first-order valence-electron chi connectivity index (χ1n) is 7.21. The summed E-state index contributed by atoms with van der Waals surface area (Å²) < 4.78 is 12.9. The number of hydrogen-bond acceptors (Lipinski definition) is 4. The van der Waals surface area contributed by atoms with Gasteiger partial charge < -0.3 is 10.4 Å². The summed E-state index contributed by atoms with van der Waals surface area (Å²) >= 11 is 0. The van der Waals surface area contributed by atoms with Crippen molar-refractivity contribution in [3.8, 4) is 11.3 Å². The minimum atomic E-state index is -0.614. The van der Waals surface area contributed by atoms with E-state index in [1.54, 1.807) is 12.1 Å². The van der Waals surface area contributed by atoms with Crippen molar-refractivity contribution in [2.24, 2.45) is 0 Å². The summed E-state index contributed by atoms with van der Waals surface area (Å²) in [4.78, 5) is 0. The first-order chi connectivity index (χ1) is 10.1. The van der Waals surface area contributed by atoms with E-state index < -0.39 is 5.60 Å². The van der Waals surface area contributed by atoms with E-state index in [2.05, 4.69) is 15.5 Å². The second kappa shape index (κ2) is 5.77. The molecule has 1 saturated carbocycles. The first-order valence-corrected chi connectivity index (χ1v) is 7.21. The molecule has 0 bridgehead atoms. The SMILES string of the molecule is OC1(CNc2ccc(-c3ccc(F)cc3)nn2)CCCC1. The van der Waals surface area contributed by atoms with E-state index >= 15 is 0 Å².